The lowest BCUT2D eigenvalue weighted by atomic mass is 10.2. The molecule has 2 aromatic rings. The molecule has 0 aliphatic heterocycles. The second-order valence-corrected chi connectivity index (χ2v) is 3.63. The van der Waals surface area contributed by atoms with Crippen LogP contribution in [0.25, 0.3) is 11.5 Å². The molecule has 0 saturated carbocycles. The smallest absolute Gasteiger partial charge is 0.303 e. The predicted molar refractivity (Wildman–Crippen MR) is 57.1 cm³/mol. The molecule has 0 saturated heterocycles. The van der Waals surface area contributed by atoms with Gasteiger partial charge < -0.3 is 9.63 Å². The molecule has 0 radical (unpaired) electrons. The molecule has 2 rings (SSSR count). The number of aromatic nitrogens is 4. The number of aliphatic carboxylic acids is 1. The van der Waals surface area contributed by atoms with Gasteiger partial charge in [0, 0.05) is 26.1 Å². The highest BCUT2D eigenvalue weighted by molar-refractivity contribution is 5.66. The first-order valence-electron chi connectivity index (χ1n) is 5.19. The van der Waals surface area contributed by atoms with Gasteiger partial charge in [-0.05, 0) is 12.5 Å². The van der Waals surface area contributed by atoms with Crippen LogP contribution in [0.2, 0.25) is 0 Å². The van der Waals surface area contributed by atoms with Crippen LogP contribution in [-0.4, -0.2) is 31.0 Å². The van der Waals surface area contributed by atoms with Gasteiger partial charge in [-0.25, -0.2) is 0 Å². The van der Waals surface area contributed by atoms with E-state index in [1.54, 1.807) is 24.0 Å². The topological polar surface area (TPSA) is 94.0 Å². The van der Waals surface area contributed by atoms with E-state index in [4.69, 9.17) is 9.63 Å². The van der Waals surface area contributed by atoms with Gasteiger partial charge in [-0.1, -0.05) is 5.16 Å². The summed E-state index contributed by atoms with van der Waals surface area (Å²) in [7, 11) is 1.80. The zero-order chi connectivity index (χ0) is 12.3. The maximum atomic E-state index is 10.3. The maximum Gasteiger partial charge on any atom is 0.303 e. The predicted octanol–water partition coefficient (Wildman–Crippen LogP) is 0.877. The van der Waals surface area contributed by atoms with Gasteiger partial charge in [0.05, 0.1) is 0 Å². The molecule has 0 aliphatic carbocycles. The zero-order valence-electron chi connectivity index (χ0n) is 9.33. The zero-order valence-corrected chi connectivity index (χ0v) is 9.33. The van der Waals surface area contributed by atoms with Gasteiger partial charge in [-0.2, -0.15) is 10.1 Å². The molecule has 0 atom stereocenters. The molecule has 0 fully saturated rings. The minimum absolute atomic E-state index is 0.0985. The Balaban J connectivity index is 1.98. The van der Waals surface area contributed by atoms with Crippen molar-refractivity contribution in [3.05, 3.63) is 18.2 Å². The Bertz CT molecular complexity index is 517. The number of carboxylic acids is 1. The van der Waals surface area contributed by atoms with Crippen LogP contribution in [0.4, 0.5) is 0 Å². The molecular formula is C10H12N4O3. The third-order valence-electron chi connectivity index (χ3n) is 2.19. The van der Waals surface area contributed by atoms with Crippen LogP contribution in [0.3, 0.4) is 0 Å². The monoisotopic (exact) mass is 236 g/mol. The van der Waals surface area contributed by atoms with E-state index in [0.717, 1.165) is 0 Å². The number of hydrogen-bond donors (Lipinski definition) is 1. The number of hydrogen-bond acceptors (Lipinski definition) is 5. The lowest BCUT2D eigenvalue weighted by molar-refractivity contribution is -0.137. The van der Waals surface area contributed by atoms with Crippen molar-refractivity contribution < 1.29 is 14.4 Å². The SMILES string of the molecule is Cn1ccc(-c2noc(CCCC(=O)O)n2)n1. The van der Waals surface area contributed by atoms with Gasteiger partial charge in [0.1, 0.15) is 5.69 Å². The van der Waals surface area contributed by atoms with Crippen molar-refractivity contribution in [1.82, 2.24) is 19.9 Å². The Morgan fingerprint density at radius 1 is 1.59 bits per heavy atom. The van der Waals surface area contributed by atoms with E-state index in [9.17, 15) is 4.79 Å². The van der Waals surface area contributed by atoms with Crippen molar-refractivity contribution in [3.8, 4) is 11.5 Å². The summed E-state index contributed by atoms with van der Waals surface area (Å²) in [6.45, 7) is 0. The summed E-state index contributed by atoms with van der Waals surface area (Å²) >= 11 is 0. The maximum absolute atomic E-state index is 10.3. The van der Waals surface area contributed by atoms with Crippen LogP contribution >= 0.6 is 0 Å². The number of aryl methyl sites for hydroxylation is 2. The highest BCUT2D eigenvalue weighted by atomic mass is 16.5. The fourth-order valence-electron chi connectivity index (χ4n) is 1.39. The number of carboxylic acid groups (broad SMARTS) is 1. The number of nitrogens with zero attached hydrogens (tertiary/aromatic N) is 4. The van der Waals surface area contributed by atoms with E-state index in [-0.39, 0.29) is 6.42 Å². The third kappa shape index (κ3) is 2.90. The second-order valence-electron chi connectivity index (χ2n) is 3.63. The molecular weight excluding hydrogens is 224 g/mol. The first-order chi connectivity index (χ1) is 8.15. The van der Waals surface area contributed by atoms with E-state index in [2.05, 4.69) is 15.2 Å². The average molecular weight is 236 g/mol. The lowest BCUT2D eigenvalue weighted by Crippen LogP contribution is -1.96. The normalized spacial score (nSPS) is 10.6. The molecule has 7 heteroatoms. The molecule has 0 aliphatic rings. The summed E-state index contributed by atoms with van der Waals surface area (Å²) in [5.41, 5.74) is 0.640. The van der Waals surface area contributed by atoms with Gasteiger partial charge in [0.15, 0.2) is 0 Å². The summed E-state index contributed by atoms with van der Waals surface area (Å²) in [5.74, 6) is 0.0392. The second kappa shape index (κ2) is 4.77. The molecule has 2 aromatic heterocycles. The minimum Gasteiger partial charge on any atom is -0.481 e. The van der Waals surface area contributed by atoms with Gasteiger partial charge in [0.2, 0.25) is 11.7 Å². The largest absolute Gasteiger partial charge is 0.481 e. The molecule has 1 N–H and O–H groups in total. The van der Waals surface area contributed by atoms with Crippen LogP contribution in [-0.2, 0) is 18.3 Å². The van der Waals surface area contributed by atoms with Gasteiger partial charge in [-0.15, -0.1) is 0 Å². The summed E-state index contributed by atoms with van der Waals surface area (Å²) in [5, 5.41) is 16.4. The van der Waals surface area contributed by atoms with Crippen molar-refractivity contribution >= 4 is 5.97 Å². The van der Waals surface area contributed by atoms with Crippen molar-refractivity contribution in [2.75, 3.05) is 0 Å². The summed E-state index contributed by atoms with van der Waals surface area (Å²) in [6.07, 6.45) is 2.84. The molecule has 0 bridgehead atoms. The quantitative estimate of drug-likeness (QED) is 0.828. The molecule has 0 unspecified atom stereocenters. The third-order valence-corrected chi connectivity index (χ3v) is 2.19. The lowest BCUT2D eigenvalue weighted by Gasteiger charge is -1.90. The molecule has 0 spiro atoms. The molecule has 90 valence electrons. The number of carbonyl (C=O) groups is 1. The minimum atomic E-state index is -0.825. The van der Waals surface area contributed by atoms with Gasteiger partial charge in [0.25, 0.3) is 0 Å². The Hall–Kier alpha value is -2.18. The van der Waals surface area contributed by atoms with Crippen LogP contribution in [0, 0.1) is 0 Å². The molecule has 7 nitrogen and oxygen atoms in total. The molecule has 2 heterocycles. The summed E-state index contributed by atoms with van der Waals surface area (Å²) in [6, 6.07) is 1.78. The van der Waals surface area contributed by atoms with Crippen LogP contribution in [0.15, 0.2) is 16.8 Å². The summed E-state index contributed by atoms with van der Waals surface area (Å²) in [4.78, 5) is 14.5. The first-order valence-corrected chi connectivity index (χ1v) is 5.19. The molecule has 0 amide bonds. The van der Waals surface area contributed by atoms with E-state index >= 15 is 0 Å². The highest BCUT2D eigenvalue weighted by Gasteiger charge is 2.11. The summed E-state index contributed by atoms with van der Waals surface area (Å²) < 4.78 is 6.66. The van der Waals surface area contributed by atoms with Gasteiger partial charge in [-0.3, -0.25) is 9.48 Å². The van der Waals surface area contributed by atoms with Crippen LogP contribution in [0.1, 0.15) is 18.7 Å². The van der Waals surface area contributed by atoms with Crippen LogP contribution < -0.4 is 0 Å². The van der Waals surface area contributed by atoms with Gasteiger partial charge >= 0.3 is 5.97 Å². The van der Waals surface area contributed by atoms with Crippen molar-refractivity contribution in [3.63, 3.8) is 0 Å². The van der Waals surface area contributed by atoms with E-state index < -0.39 is 5.97 Å². The van der Waals surface area contributed by atoms with E-state index in [1.165, 1.54) is 0 Å². The van der Waals surface area contributed by atoms with Crippen molar-refractivity contribution in [1.29, 1.82) is 0 Å². The highest BCUT2D eigenvalue weighted by Crippen LogP contribution is 2.13. The Morgan fingerprint density at radius 2 is 2.41 bits per heavy atom. The van der Waals surface area contributed by atoms with Crippen LogP contribution in [0.5, 0.6) is 0 Å². The Kier molecular flexibility index (Phi) is 3.17. The first kappa shape index (κ1) is 11.3. The average Bonchev–Trinajstić information content (AvgIpc) is 2.86. The standard InChI is InChI=1S/C10H12N4O3/c1-14-6-5-7(12-14)10-11-8(17-13-10)3-2-4-9(15)16/h5-6H,2-4H2,1H3,(H,15,16). The number of rotatable bonds is 5. The fraction of sp³-hybridized carbons (Fsp3) is 0.400. The fourth-order valence-corrected chi connectivity index (χ4v) is 1.39. The molecule has 17 heavy (non-hydrogen) atoms. The van der Waals surface area contributed by atoms with E-state index in [0.29, 0.717) is 30.3 Å². The molecule has 0 aromatic carbocycles. The Labute approximate surface area is 97.1 Å². The Morgan fingerprint density at radius 3 is 3.06 bits per heavy atom. The van der Waals surface area contributed by atoms with Crippen molar-refractivity contribution in [2.24, 2.45) is 7.05 Å². The van der Waals surface area contributed by atoms with E-state index in [1.807, 2.05) is 0 Å². The van der Waals surface area contributed by atoms with Crippen molar-refractivity contribution in [2.45, 2.75) is 19.3 Å².